The van der Waals surface area contributed by atoms with Gasteiger partial charge in [0.1, 0.15) is 23.2 Å². The standard InChI is InChI=1S/C13H19N5O3S/c1-3-4-13-14-11(17-21-13)7-22(19,20)8-12-16-15-9(2)18(12)10-5-6-10/h10H,3-8H2,1-2H3. The average Bonchev–Trinajstić information content (AvgIpc) is 3.08. The molecule has 1 saturated carbocycles. The molecule has 0 bridgehead atoms. The van der Waals surface area contributed by atoms with Crippen LogP contribution in [0.4, 0.5) is 0 Å². The van der Waals surface area contributed by atoms with Gasteiger partial charge in [0.05, 0.1) is 0 Å². The zero-order valence-electron chi connectivity index (χ0n) is 12.7. The van der Waals surface area contributed by atoms with Crippen molar-refractivity contribution in [1.29, 1.82) is 0 Å². The number of rotatable bonds is 7. The minimum Gasteiger partial charge on any atom is -0.339 e. The maximum atomic E-state index is 12.3. The zero-order chi connectivity index (χ0) is 15.7. The van der Waals surface area contributed by atoms with Crippen LogP contribution in [0.25, 0.3) is 0 Å². The Hall–Kier alpha value is -1.77. The van der Waals surface area contributed by atoms with Crippen LogP contribution in [0.1, 0.15) is 55.6 Å². The van der Waals surface area contributed by atoms with Crippen LogP contribution in [0.2, 0.25) is 0 Å². The van der Waals surface area contributed by atoms with E-state index in [9.17, 15) is 8.42 Å². The average molecular weight is 325 g/mol. The molecule has 3 rings (SSSR count). The first-order chi connectivity index (χ1) is 10.5. The summed E-state index contributed by atoms with van der Waals surface area (Å²) in [6.45, 7) is 3.84. The van der Waals surface area contributed by atoms with Crippen LogP contribution in [0.15, 0.2) is 4.52 Å². The van der Waals surface area contributed by atoms with Gasteiger partial charge in [-0.15, -0.1) is 10.2 Å². The Kier molecular flexibility index (Phi) is 3.98. The molecule has 8 nitrogen and oxygen atoms in total. The van der Waals surface area contributed by atoms with Gasteiger partial charge >= 0.3 is 0 Å². The molecule has 2 heterocycles. The number of nitrogens with zero attached hydrogens (tertiary/aromatic N) is 5. The number of aryl methyl sites for hydroxylation is 2. The fourth-order valence-electron chi connectivity index (χ4n) is 2.43. The molecule has 0 aliphatic heterocycles. The zero-order valence-corrected chi connectivity index (χ0v) is 13.5. The van der Waals surface area contributed by atoms with E-state index in [0.29, 0.717) is 24.2 Å². The normalized spacial score (nSPS) is 15.4. The first kappa shape index (κ1) is 15.1. The second kappa shape index (κ2) is 5.79. The van der Waals surface area contributed by atoms with Gasteiger partial charge < -0.3 is 9.09 Å². The summed E-state index contributed by atoms with van der Waals surface area (Å²) in [5, 5.41) is 11.7. The number of sulfone groups is 1. The minimum atomic E-state index is -3.41. The Bertz CT molecular complexity index is 760. The van der Waals surface area contributed by atoms with Crippen molar-refractivity contribution in [2.45, 2.75) is 57.1 Å². The van der Waals surface area contributed by atoms with Gasteiger partial charge in [0, 0.05) is 12.5 Å². The van der Waals surface area contributed by atoms with Gasteiger partial charge in [0.2, 0.25) is 5.89 Å². The molecular weight excluding hydrogens is 306 g/mol. The molecule has 0 atom stereocenters. The Morgan fingerprint density at radius 3 is 2.73 bits per heavy atom. The largest absolute Gasteiger partial charge is 0.339 e. The molecule has 0 saturated heterocycles. The molecule has 9 heteroatoms. The second-order valence-corrected chi connectivity index (χ2v) is 7.72. The molecule has 0 N–H and O–H groups in total. The summed E-state index contributed by atoms with van der Waals surface area (Å²) in [7, 11) is -3.41. The SMILES string of the molecule is CCCc1nc(CS(=O)(=O)Cc2nnc(C)n2C2CC2)no1. The van der Waals surface area contributed by atoms with Crippen molar-refractivity contribution in [3.05, 3.63) is 23.4 Å². The monoisotopic (exact) mass is 325 g/mol. The van der Waals surface area contributed by atoms with Crippen molar-refractivity contribution in [1.82, 2.24) is 24.9 Å². The minimum absolute atomic E-state index is 0.151. The summed E-state index contributed by atoms with van der Waals surface area (Å²) in [5.74, 6) is 1.55. The lowest BCUT2D eigenvalue weighted by Crippen LogP contribution is -2.13. The van der Waals surface area contributed by atoms with E-state index in [1.807, 2.05) is 18.4 Å². The maximum absolute atomic E-state index is 12.3. The first-order valence-corrected chi connectivity index (χ1v) is 9.23. The van der Waals surface area contributed by atoms with Crippen LogP contribution in [-0.4, -0.2) is 33.3 Å². The lowest BCUT2D eigenvalue weighted by atomic mass is 10.3. The summed E-state index contributed by atoms with van der Waals surface area (Å²) >= 11 is 0. The van der Waals surface area contributed by atoms with E-state index in [0.717, 1.165) is 25.1 Å². The second-order valence-electron chi connectivity index (χ2n) is 5.65. The Morgan fingerprint density at radius 2 is 2.05 bits per heavy atom. The van der Waals surface area contributed by atoms with Crippen LogP contribution in [-0.2, 0) is 27.8 Å². The molecule has 1 aliphatic carbocycles. The highest BCUT2D eigenvalue weighted by Crippen LogP contribution is 2.36. The van der Waals surface area contributed by atoms with Crippen LogP contribution >= 0.6 is 0 Å². The van der Waals surface area contributed by atoms with Gasteiger partial charge in [-0.05, 0) is 26.2 Å². The van der Waals surface area contributed by atoms with Gasteiger partial charge in [-0.3, -0.25) is 0 Å². The maximum Gasteiger partial charge on any atom is 0.226 e. The van der Waals surface area contributed by atoms with E-state index < -0.39 is 9.84 Å². The Morgan fingerprint density at radius 1 is 1.27 bits per heavy atom. The fourth-order valence-corrected chi connectivity index (χ4v) is 3.63. The molecular formula is C13H19N5O3S. The molecule has 0 radical (unpaired) electrons. The van der Waals surface area contributed by atoms with Crippen molar-refractivity contribution >= 4 is 9.84 Å². The van der Waals surface area contributed by atoms with Crippen LogP contribution < -0.4 is 0 Å². The highest BCUT2D eigenvalue weighted by Gasteiger charge is 2.30. The third-order valence-electron chi connectivity index (χ3n) is 3.52. The van der Waals surface area contributed by atoms with Crippen LogP contribution in [0, 0.1) is 6.92 Å². The summed E-state index contributed by atoms with van der Waals surface area (Å²) < 4.78 is 31.6. The van der Waals surface area contributed by atoms with E-state index in [4.69, 9.17) is 4.52 Å². The van der Waals surface area contributed by atoms with Gasteiger partial charge in [0.25, 0.3) is 0 Å². The van der Waals surface area contributed by atoms with Crippen molar-refractivity contribution < 1.29 is 12.9 Å². The van der Waals surface area contributed by atoms with Crippen molar-refractivity contribution in [3.8, 4) is 0 Å². The lowest BCUT2D eigenvalue weighted by Gasteiger charge is -2.06. The number of hydrogen-bond acceptors (Lipinski definition) is 7. The molecule has 0 unspecified atom stereocenters. The van der Waals surface area contributed by atoms with E-state index in [1.165, 1.54) is 0 Å². The summed E-state index contributed by atoms with van der Waals surface area (Å²) in [5.41, 5.74) is 0. The smallest absolute Gasteiger partial charge is 0.226 e. The molecule has 0 amide bonds. The first-order valence-electron chi connectivity index (χ1n) is 7.41. The Balaban J connectivity index is 1.73. The van der Waals surface area contributed by atoms with Gasteiger partial charge in [-0.25, -0.2) is 8.42 Å². The van der Waals surface area contributed by atoms with Gasteiger partial charge in [0.15, 0.2) is 15.7 Å². The molecule has 0 aromatic carbocycles. The number of aromatic nitrogens is 5. The van der Waals surface area contributed by atoms with E-state index in [2.05, 4.69) is 20.3 Å². The van der Waals surface area contributed by atoms with Crippen molar-refractivity contribution in [2.24, 2.45) is 0 Å². The quantitative estimate of drug-likeness (QED) is 0.757. The fraction of sp³-hybridized carbons (Fsp3) is 0.692. The molecule has 2 aromatic heterocycles. The summed E-state index contributed by atoms with van der Waals surface area (Å²) in [4.78, 5) is 4.10. The topological polar surface area (TPSA) is 104 Å². The van der Waals surface area contributed by atoms with E-state index >= 15 is 0 Å². The Labute approximate surface area is 128 Å². The highest BCUT2D eigenvalue weighted by molar-refractivity contribution is 7.89. The van der Waals surface area contributed by atoms with Crippen molar-refractivity contribution in [2.75, 3.05) is 0 Å². The van der Waals surface area contributed by atoms with Gasteiger partial charge in [-0.2, -0.15) is 4.98 Å². The molecule has 1 aliphatic rings. The molecule has 1 fully saturated rings. The van der Waals surface area contributed by atoms with E-state index in [1.54, 1.807) is 0 Å². The lowest BCUT2D eigenvalue weighted by molar-refractivity contribution is 0.373. The molecule has 2 aromatic rings. The predicted octanol–water partition coefficient (Wildman–Crippen LogP) is 1.37. The van der Waals surface area contributed by atoms with Gasteiger partial charge in [-0.1, -0.05) is 12.1 Å². The summed E-state index contributed by atoms with van der Waals surface area (Å²) in [6, 6.07) is 0.349. The molecule has 22 heavy (non-hydrogen) atoms. The third-order valence-corrected chi connectivity index (χ3v) is 4.92. The van der Waals surface area contributed by atoms with Crippen LogP contribution in [0.3, 0.4) is 0 Å². The number of hydrogen-bond donors (Lipinski definition) is 0. The molecule has 0 spiro atoms. The third kappa shape index (κ3) is 3.34. The van der Waals surface area contributed by atoms with E-state index in [-0.39, 0.29) is 17.3 Å². The van der Waals surface area contributed by atoms with Crippen LogP contribution in [0.5, 0.6) is 0 Å². The predicted molar refractivity (Wildman–Crippen MR) is 77.7 cm³/mol. The van der Waals surface area contributed by atoms with Crippen molar-refractivity contribution in [3.63, 3.8) is 0 Å². The molecule has 120 valence electrons. The summed E-state index contributed by atoms with van der Waals surface area (Å²) in [6.07, 6.45) is 3.63. The highest BCUT2D eigenvalue weighted by atomic mass is 32.2.